The SMILES string of the molecule is CC(=O)Nc1c(C)noc1C=Cc1ccc(S(=O)(=O)NCc2ccccc2)s1. The first kappa shape index (κ1) is 20.0. The van der Waals surface area contributed by atoms with Crippen molar-refractivity contribution >= 4 is 45.1 Å². The first-order chi connectivity index (χ1) is 13.3. The number of amides is 1. The summed E-state index contributed by atoms with van der Waals surface area (Å²) in [6.07, 6.45) is 3.36. The number of hydrogen-bond acceptors (Lipinski definition) is 6. The van der Waals surface area contributed by atoms with Crippen molar-refractivity contribution in [3.05, 3.63) is 64.4 Å². The summed E-state index contributed by atoms with van der Waals surface area (Å²) in [7, 11) is -3.60. The summed E-state index contributed by atoms with van der Waals surface area (Å²) in [6, 6.07) is 12.6. The van der Waals surface area contributed by atoms with Crippen LogP contribution in [0.25, 0.3) is 12.2 Å². The van der Waals surface area contributed by atoms with E-state index >= 15 is 0 Å². The van der Waals surface area contributed by atoms with Gasteiger partial charge in [0.15, 0.2) is 5.76 Å². The maximum atomic E-state index is 12.5. The van der Waals surface area contributed by atoms with Crippen LogP contribution in [0.5, 0.6) is 0 Å². The fraction of sp³-hybridized carbons (Fsp3) is 0.158. The highest BCUT2D eigenvalue weighted by Crippen LogP contribution is 2.26. The normalized spacial score (nSPS) is 11.8. The second kappa shape index (κ2) is 8.51. The molecule has 2 N–H and O–H groups in total. The van der Waals surface area contributed by atoms with Crippen LogP contribution in [0.2, 0.25) is 0 Å². The minimum atomic E-state index is -3.60. The Morgan fingerprint density at radius 1 is 1.18 bits per heavy atom. The molecule has 28 heavy (non-hydrogen) atoms. The third-order valence-electron chi connectivity index (χ3n) is 3.77. The van der Waals surface area contributed by atoms with Gasteiger partial charge in [0.25, 0.3) is 0 Å². The van der Waals surface area contributed by atoms with Crippen LogP contribution in [0.1, 0.15) is 28.8 Å². The van der Waals surface area contributed by atoms with Gasteiger partial charge in [-0.1, -0.05) is 35.5 Å². The average Bonchev–Trinajstić information content (AvgIpc) is 3.27. The first-order valence-electron chi connectivity index (χ1n) is 8.40. The van der Waals surface area contributed by atoms with Crippen molar-refractivity contribution in [2.24, 2.45) is 0 Å². The van der Waals surface area contributed by atoms with Crippen LogP contribution in [0.15, 0.2) is 51.2 Å². The highest BCUT2D eigenvalue weighted by molar-refractivity contribution is 7.91. The fourth-order valence-corrected chi connectivity index (χ4v) is 4.69. The van der Waals surface area contributed by atoms with Gasteiger partial charge in [-0.25, -0.2) is 13.1 Å². The van der Waals surface area contributed by atoms with Crippen molar-refractivity contribution in [3.8, 4) is 0 Å². The molecular weight excluding hydrogens is 398 g/mol. The summed E-state index contributed by atoms with van der Waals surface area (Å²) in [6.45, 7) is 3.35. The van der Waals surface area contributed by atoms with Gasteiger partial charge in [0.05, 0.1) is 0 Å². The molecule has 0 unspecified atom stereocenters. The third-order valence-corrected chi connectivity index (χ3v) is 6.71. The van der Waals surface area contributed by atoms with Crippen LogP contribution in [-0.2, 0) is 21.4 Å². The molecule has 0 aliphatic heterocycles. The van der Waals surface area contributed by atoms with Crippen LogP contribution < -0.4 is 10.0 Å². The first-order valence-corrected chi connectivity index (χ1v) is 10.7. The topological polar surface area (TPSA) is 101 Å². The van der Waals surface area contributed by atoms with Crippen molar-refractivity contribution in [2.75, 3.05) is 5.32 Å². The molecule has 0 aliphatic carbocycles. The highest BCUT2D eigenvalue weighted by Gasteiger charge is 2.16. The number of aromatic nitrogens is 1. The Morgan fingerprint density at radius 3 is 2.64 bits per heavy atom. The number of nitrogens with zero attached hydrogens (tertiary/aromatic N) is 1. The minimum Gasteiger partial charge on any atom is -0.354 e. The Kier molecular flexibility index (Phi) is 6.08. The van der Waals surface area contributed by atoms with Crippen LogP contribution in [-0.4, -0.2) is 19.5 Å². The van der Waals surface area contributed by atoms with Crippen molar-refractivity contribution in [1.82, 2.24) is 9.88 Å². The smallest absolute Gasteiger partial charge is 0.250 e. The maximum absolute atomic E-state index is 12.5. The third kappa shape index (κ3) is 4.94. The van der Waals surface area contributed by atoms with Crippen molar-refractivity contribution in [2.45, 2.75) is 24.6 Å². The predicted molar refractivity (Wildman–Crippen MR) is 109 cm³/mol. The van der Waals surface area contributed by atoms with E-state index in [0.717, 1.165) is 21.8 Å². The summed E-state index contributed by atoms with van der Waals surface area (Å²) >= 11 is 1.13. The Hall–Kier alpha value is -2.75. The van der Waals surface area contributed by atoms with Crippen LogP contribution in [0.3, 0.4) is 0 Å². The zero-order valence-corrected chi connectivity index (χ0v) is 16.9. The Bertz CT molecular complexity index is 1100. The molecule has 3 aromatic rings. The number of benzene rings is 1. The van der Waals surface area contributed by atoms with Gasteiger partial charge in [-0.2, -0.15) is 0 Å². The molecule has 0 fully saturated rings. The minimum absolute atomic E-state index is 0.221. The summed E-state index contributed by atoms with van der Waals surface area (Å²) in [4.78, 5) is 12.0. The van der Waals surface area contributed by atoms with Gasteiger partial charge in [-0.15, -0.1) is 11.3 Å². The van der Waals surface area contributed by atoms with Gasteiger partial charge in [-0.05, 0) is 36.8 Å². The Balaban J connectivity index is 1.72. The number of carbonyl (C=O) groups excluding carboxylic acids is 1. The number of rotatable bonds is 7. The highest BCUT2D eigenvalue weighted by atomic mass is 32.2. The number of carbonyl (C=O) groups is 1. The van der Waals surface area contributed by atoms with E-state index in [1.54, 1.807) is 31.2 Å². The number of aryl methyl sites for hydroxylation is 1. The van der Waals surface area contributed by atoms with Gasteiger partial charge < -0.3 is 9.84 Å². The Labute approximate surface area is 167 Å². The molecule has 0 saturated carbocycles. The van der Waals surface area contributed by atoms with Crippen molar-refractivity contribution < 1.29 is 17.7 Å². The van der Waals surface area contributed by atoms with Gasteiger partial charge in [0.1, 0.15) is 15.6 Å². The summed E-state index contributed by atoms with van der Waals surface area (Å²) in [5.74, 6) is 0.169. The van der Waals surface area contributed by atoms with Gasteiger partial charge in [0.2, 0.25) is 15.9 Å². The van der Waals surface area contributed by atoms with Crippen LogP contribution in [0.4, 0.5) is 5.69 Å². The number of nitrogens with one attached hydrogen (secondary N) is 2. The molecule has 0 radical (unpaired) electrons. The van der Waals surface area contributed by atoms with E-state index in [0.29, 0.717) is 17.1 Å². The molecule has 0 aliphatic rings. The molecule has 146 valence electrons. The quantitative estimate of drug-likeness (QED) is 0.611. The number of anilines is 1. The summed E-state index contributed by atoms with van der Waals surface area (Å²) in [5.41, 5.74) is 1.95. The van der Waals surface area contributed by atoms with Crippen LogP contribution >= 0.6 is 11.3 Å². The molecule has 0 spiro atoms. The average molecular weight is 418 g/mol. The second-order valence-electron chi connectivity index (χ2n) is 5.99. The molecule has 2 aromatic heterocycles. The largest absolute Gasteiger partial charge is 0.354 e. The molecular formula is C19H19N3O4S2. The molecule has 0 bridgehead atoms. The molecule has 7 nitrogen and oxygen atoms in total. The molecule has 9 heteroatoms. The van der Waals surface area contributed by atoms with E-state index in [-0.39, 0.29) is 16.7 Å². The molecule has 1 amide bonds. The Morgan fingerprint density at radius 2 is 1.93 bits per heavy atom. The second-order valence-corrected chi connectivity index (χ2v) is 9.10. The number of sulfonamides is 1. The standard InChI is InChI=1S/C19H19N3O4S2/c1-13-19(21-14(2)23)17(26-22-13)10-8-16-9-11-18(27-16)28(24,25)20-12-15-6-4-3-5-7-15/h3-11,20H,12H2,1-2H3,(H,21,23). The zero-order chi connectivity index (χ0) is 20.1. The lowest BCUT2D eigenvalue weighted by Gasteiger charge is -2.04. The summed E-state index contributed by atoms with van der Waals surface area (Å²) < 4.78 is 33.0. The summed E-state index contributed by atoms with van der Waals surface area (Å²) in [5, 5.41) is 6.51. The lowest BCUT2D eigenvalue weighted by Crippen LogP contribution is -2.22. The predicted octanol–water partition coefficient (Wildman–Crippen LogP) is 3.65. The van der Waals surface area contributed by atoms with Gasteiger partial charge in [-0.3, -0.25) is 4.79 Å². The van der Waals surface area contributed by atoms with Crippen LogP contribution in [0, 0.1) is 6.92 Å². The lowest BCUT2D eigenvalue weighted by atomic mass is 10.2. The van der Waals surface area contributed by atoms with Gasteiger partial charge >= 0.3 is 0 Å². The number of hydrogen-bond donors (Lipinski definition) is 2. The molecule has 3 rings (SSSR count). The van der Waals surface area contributed by atoms with E-state index in [4.69, 9.17) is 4.52 Å². The molecule has 1 aromatic carbocycles. The zero-order valence-electron chi connectivity index (χ0n) is 15.3. The fourth-order valence-electron chi connectivity index (χ4n) is 2.40. The molecule has 2 heterocycles. The lowest BCUT2D eigenvalue weighted by molar-refractivity contribution is -0.114. The maximum Gasteiger partial charge on any atom is 0.250 e. The van der Waals surface area contributed by atoms with E-state index in [1.165, 1.54) is 6.92 Å². The number of thiophene rings is 1. The molecule has 0 atom stereocenters. The van der Waals surface area contributed by atoms with E-state index < -0.39 is 10.0 Å². The van der Waals surface area contributed by atoms with E-state index in [2.05, 4.69) is 15.2 Å². The van der Waals surface area contributed by atoms with E-state index in [9.17, 15) is 13.2 Å². The van der Waals surface area contributed by atoms with Crippen molar-refractivity contribution in [3.63, 3.8) is 0 Å². The van der Waals surface area contributed by atoms with E-state index in [1.807, 2.05) is 30.3 Å². The molecule has 0 saturated heterocycles. The van der Waals surface area contributed by atoms with Gasteiger partial charge in [0, 0.05) is 18.3 Å². The monoisotopic (exact) mass is 417 g/mol. The van der Waals surface area contributed by atoms with Crippen molar-refractivity contribution in [1.29, 1.82) is 0 Å².